The van der Waals surface area contributed by atoms with Crippen LogP contribution in [0.4, 0.5) is 5.69 Å². The summed E-state index contributed by atoms with van der Waals surface area (Å²) in [6.07, 6.45) is 4.97. The third kappa shape index (κ3) is 5.24. The first-order valence-electron chi connectivity index (χ1n) is 8.84. The highest BCUT2D eigenvalue weighted by Crippen LogP contribution is 2.26. The lowest BCUT2D eigenvalue weighted by Gasteiger charge is -2.24. The summed E-state index contributed by atoms with van der Waals surface area (Å²) in [5.74, 6) is 0.0174. The van der Waals surface area contributed by atoms with E-state index in [1.807, 2.05) is 24.3 Å². The summed E-state index contributed by atoms with van der Waals surface area (Å²) in [4.78, 5) is 16.9. The van der Waals surface area contributed by atoms with E-state index in [1.165, 1.54) is 25.7 Å². The maximum atomic E-state index is 12.3. The van der Waals surface area contributed by atoms with E-state index >= 15 is 0 Å². The zero-order chi connectivity index (χ0) is 16.8. The summed E-state index contributed by atoms with van der Waals surface area (Å²) in [7, 11) is 4.25. The lowest BCUT2D eigenvalue weighted by molar-refractivity contribution is 0.0939. The summed E-state index contributed by atoms with van der Waals surface area (Å²) in [6, 6.07) is 9.00. The minimum Gasteiger partial charge on any atom is -0.375 e. The summed E-state index contributed by atoms with van der Waals surface area (Å²) < 4.78 is 0. The Kier molecular flexibility index (Phi) is 6.46. The predicted molar refractivity (Wildman–Crippen MR) is 97.2 cm³/mol. The standard InChI is InChI=1S/C19H31N3O/c1-5-6-13-21(3)17-9-7-16(8-10-17)19(23)20-14-15(2)22(4)18-11-12-18/h7-10,15,18H,5-6,11-14H2,1-4H3,(H,20,23). The minimum absolute atomic E-state index is 0.0174. The van der Waals surface area contributed by atoms with Crippen LogP contribution in [0.1, 0.15) is 49.9 Å². The monoisotopic (exact) mass is 317 g/mol. The van der Waals surface area contributed by atoms with Crippen molar-refractivity contribution in [3.8, 4) is 0 Å². The van der Waals surface area contributed by atoms with Gasteiger partial charge < -0.3 is 10.2 Å². The van der Waals surface area contributed by atoms with Gasteiger partial charge in [-0.3, -0.25) is 9.69 Å². The zero-order valence-electron chi connectivity index (χ0n) is 15.0. The van der Waals surface area contributed by atoms with Crippen LogP contribution in [0.2, 0.25) is 0 Å². The van der Waals surface area contributed by atoms with Gasteiger partial charge in [0.25, 0.3) is 5.91 Å². The van der Waals surface area contributed by atoms with Crippen LogP contribution in [0.25, 0.3) is 0 Å². The van der Waals surface area contributed by atoms with Gasteiger partial charge in [0.1, 0.15) is 0 Å². The van der Waals surface area contributed by atoms with Crippen molar-refractivity contribution in [3.63, 3.8) is 0 Å². The molecule has 1 amide bonds. The number of unbranched alkanes of at least 4 members (excludes halogenated alkanes) is 1. The number of rotatable bonds is 9. The second-order valence-electron chi connectivity index (χ2n) is 6.78. The number of nitrogens with zero attached hydrogens (tertiary/aromatic N) is 2. The van der Waals surface area contributed by atoms with Gasteiger partial charge in [-0.2, -0.15) is 0 Å². The number of carbonyl (C=O) groups is 1. The van der Waals surface area contributed by atoms with Crippen molar-refractivity contribution >= 4 is 11.6 Å². The number of anilines is 1. The van der Waals surface area contributed by atoms with E-state index in [0.29, 0.717) is 12.6 Å². The van der Waals surface area contributed by atoms with Gasteiger partial charge in [0, 0.05) is 43.5 Å². The lowest BCUT2D eigenvalue weighted by atomic mass is 10.1. The molecule has 1 aliphatic carbocycles. The Morgan fingerprint density at radius 1 is 1.26 bits per heavy atom. The average Bonchev–Trinajstić information content (AvgIpc) is 3.41. The zero-order valence-corrected chi connectivity index (χ0v) is 15.0. The molecule has 1 saturated carbocycles. The van der Waals surface area contributed by atoms with Gasteiger partial charge in [0.15, 0.2) is 0 Å². The largest absolute Gasteiger partial charge is 0.375 e. The minimum atomic E-state index is 0.0174. The number of carbonyl (C=O) groups excluding carboxylic acids is 1. The van der Waals surface area contributed by atoms with Crippen molar-refractivity contribution in [2.45, 2.75) is 51.6 Å². The van der Waals surface area contributed by atoms with Gasteiger partial charge in [0.05, 0.1) is 0 Å². The normalized spacial score (nSPS) is 15.5. The number of likely N-dealkylation sites (N-methyl/N-ethyl adjacent to an activating group) is 1. The van der Waals surface area contributed by atoms with Crippen molar-refractivity contribution in [1.29, 1.82) is 0 Å². The van der Waals surface area contributed by atoms with Gasteiger partial charge in [-0.05, 0) is 57.5 Å². The molecule has 0 aromatic heterocycles. The van der Waals surface area contributed by atoms with E-state index in [-0.39, 0.29) is 5.91 Å². The fraction of sp³-hybridized carbons (Fsp3) is 0.632. The fourth-order valence-corrected chi connectivity index (χ4v) is 2.72. The summed E-state index contributed by atoms with van der Waals surface area (Å²) in [5.41, 5.74) is 1.90. The SMILES string of the molecule is CCCCN(C)c1ccc(C(=O)NCC(C)N(C)C2CC2)cc1. The molecule has 0 spiro atoms. The Morgan fingerprint density at radius 2 is 1.91 bits per heavy atom. The van der Waals surface area contributed by atoms with E-state index in [9.17, 15) is 4.79 Å². The van der Waals surface area contributed by atoms with Crippen LogP contribution >= 0.6 is 0 Å². The van der Waals surface area contributed by atoms with Crippen LogP contribution in [0.3, 0.4) is 0 Å². The quantitative estimate of drug-likeness (QED) is 0.760. The van der Waals surface area contributed by atoms with Gasteiger partial charge in [0.2, 0.25) is 0 Å². The van der Waals surface area contributed by atoms with Gasteiger partial charge >= 0.3 is 0 Å². The molecule has 0 saturated heterocycles. The fourth-order valence-electron chi connectivity index (χ4n) is 2.72. The molecule has 1 aromatic carbocycles. The maximum Gasteiger partial charge on any atom is 0.251 e. The van der Waals surface area contributed by atoms with E-state index in [1.54, 1.807) is 0 Å². The molecule has 1 aromatic rings. The first-order chi connectivity index (χ1) is 11.0. The smallest absolute Gasteiger partial charge is 0.251 e. The van der Waals surface area contributed by atoms with Crippen LogP contribution in [0, 0.1) is 0 Å². The first kappa shape index (κ1) is 17.8. The molecule has 1 aliphatic rings. The number of nitrogens with one attached hydrogen (secondary N) is 1. The molecule has 1 fully saturated rings. The van der Waals surface area contributed by atoms with Crippen molar-refractivity contribution < 1.29 is 4.79 Å². The summed E-state index contributed by atoms with van der Waals surface area (Å²) >= 11 is 0. The maximum absolute atomic E-state index is 12.3. The number of amides is 1. The van der Waals surface area contributed by atoms with Crippen molar-refractivity contribution in [3.05, 3.63) is 29.8 Å². The highest BCUT2D eigenvalue weighted by atomic mass is 16.1. The molecule has 1 N–H and O–H groups in total. The van der Waals surface area contributed by atoms with Gasteiger partial charge in [-0.25, -0.2) is 0 Å². The van der Waals surface area contributed by atoms with E-state index in [4.69, 9.17) is 0 Å². The molecule has 4 heteroatoms. The molecular formula is C19H31N3O. The highest BCUT2D eigenvalue weighted by Gasteiger charge is 2.29. The van der Waals surface area contributed by atoms with E-state index in [0.717, 1.165) is 23.8 Å². The predicted octanol–water partition coefficient (Wildman–Crippen LogP) is 3.14. The molecule has 23 heavy (non-hydrogen) atoms. The molecule has 1 unspecified atom stereocenters. The molecule has 1 atom stereocenters. The second kappa shape index (κ2) is 8.34. The molecule has 0 bridgehead atoms. The number of hydrogen-bond acceptors (Lipinski definition) is 3. The van der Waals surface area contributed by atoms with Gasteiger partial charge in [-0.15, -0.1) is 0 Å². The summed E-state index contributed by atoms with van der Waals surface area (Å²) in [6.45, 7) is 6.12. The first-order valence-corrected chi connectivity index (χ1v) is 8.84. The van der Waals surface area contributed by atoms with Crippen LogP contribution in [0.15, 0.2) is 24.3 Å². The molecule has 4 nitrogen and oxygen atoms in total. The topological polar surface area (TPSA) is 35.6 Å². The Balaban J connectivity index is 1.82. The van der Waals surface area contributed by atoms with Crippen molar-refractivity contribution in [2.24, 2.45) is 0 Å². The van der Waals surface area contributed by atoms with Crippen LogP contribution in [-0.4, -0.2) is 50.1 Å². The average molecular weight is 317 g/mol. The molecular weight excluding hydrogens is 286 g/mol. The van der Waals surface area contributed by atoms with E-state index in [2.05, 4.69) is 43.1 Å². The Bertz CT molecular complexity index is 496. The van der Waals surface area contributed by atoms with Crippen LogP contribution in [0.5, 0.6) is 0 Å². The van der Waals surface area contributed by atoms with Crippen LogP contribution < -0.4 is 10.2 Å². The van der Waals surface area contributed by atoms with Crippen molar-refractivity contribution in [2.75, 3.05) is 32.1 Å². The molecule has 2 rings (SSSR count). The lowest BCUT2D eigenvalue weighted by Crippen LogP contribution is -2.41. The molecule has 128 valence electrons. The highest BCUT2D eigenvalue weighted by molar-refractivity contribution is 5.94. The molecule has 0 radical (unpaired) electrons. The number of benzene rings is 1. The van der Waals surface area contributed by atoms with Crippen LogP contribution in [-0.2, 0) is 0 Å². The van der Waals surface area contributed by atoms with Gasteiger partial charge in [-0.1, -0.05) is 13.3 Å². The Hall–Kier alpha value is -1.55. The van der Waals surface area contributed by atoms with E-state index < -0.39 is 0 Å². The summed E-state index contributed by atoms with van der Waals surface area (Å²) in [5, 5.41) is 3.05. The molecule has 0 aliphatic heterocycles. The Morgan fingerprint density at radius 3 is 2.48 bits per heavy atom. The molecule has 0 heterocycles. The Labute approximate surface area is 140 Å². The third-order valence-electron chi connectivity index (χ3n) is 4.79. The third-order valence-corrected chi connectivity index (χ3v) is 4.79. The second-order valence-corrected chi connectivity index (χ2v) is 6.78. The van der Waals surface area contributed by atoms with Crippen molar-refractivity contribution in [1.82, 2.24) is 10.2 Å². The number of hydrogen-bond donors (Lipinski definition) is 1.